The molecule has 4 aromatic rings. The van der Waals surface area contributed by atoms with Crippen molar-refractivity contribution >= 4 is 39.0 Å². The molecule has 1 N–H and O–H groups in total. The van der Waals surface area contributed by atoms with Gasteiger partial charge in [-0.05, 0) is 50.4 Å². The van der Waals surface area contributed by atoms with Crippen molar-refractivity contribution in [2.24, 2.45) is 0 Å². The maximum absolute atomic E-state index is 11.5. The van der Waals surface area contributed by atoms with Gasteiger partial charge in [0.05, 0.1) is 30.2 Å². The van der Waals surface area contributed by atoms with E-state index in [1.165, 1.54) is 28.2 Å². The molecule has 2 fully saturated rings. The molecule has 0 spiro atoms. The number of likely N-dealkylation sites (tertiary alicyclic amines) is 1. The first-order chi connectivity index (χ1) is 18.5. The Kier molecular flexibility index (Phi) is 5.91. The molecule has 1 aromatic carbocycles. The zero-order valence-corrected chi connectivity index (χ0v) is 22.6. The van der Waals surface area contributed by atoms with Crippen molar-refractivity contribution in [3.8, 4) is 11.5 Å². The summed E-state index contributed by atoms with van der Waals surface area (Å²) >= 11 is 2.78. The van der Waals surface area contributed by atoms with Crippen LogP contribution in [0, 0.1) is 0 Å². The van der Waals surface area contributed by atoms with E-state index in [0.29, 0.717) is 17.3 Å². The molecule has 7 rings (SSSR count). The smallest absolute Gasteiger partial charge is 0.346 e. The third-order valence-corrected chi connectivity index (χ3v) is 9.41. The Morgan fingerprint density at radius 3 is 2.79 bits per heavy atom. The second-order valence-corrected chi connectivity index (χ2v) is 12.0. The first-order valence-electron chi connectivity index (χ1n) is 12.9. The molecule has 0 saturated carbocycles. The summed E-state index contributed by atoms with van der Waals surface area (Å²) in [5.41, 5.74) is 4.68. The zero-order chi connectivity index (χ0) is 25.9. The van der Waals surface area contributed by atoms with E-state index >= 15 is 0 Å². The van der Waals surface area contributed by atoms with E-state index in [-0.39, 0.29) is 6.10 Å². The van der Waals surface area contributed by atoms with E-state index in [4.69, 9.17) is 19.2 Å². The van der Waals surface area contributed by atoms with Gasteiger partial charge in [0.25, 0.3) is 5.79 Å². The summed E-state index contributed by atoms with van der Waals surface area (Å²) in [6.07, 6.45) is 3.21. The third kappa shape index (κ3) is 4.17. The van der Waals surface area contributed by atoms with E-state index in [2.05, 4.69) is 20.5 Å². The van der Waals surface area contributed by atoms with Gasteiger partial charge in [0, 0.05) is 24.5 Å². The lowest BCUT2D eigenvalue weighted by Gasteiger charge is -2.33. The summed E-state index contributed by atoms with van der Waals surface area (Å²) < 4.78 is 20.5. The lowest BCUT2D eigenvalue weighted by Crippen LogP contribution is -2.35. The number of hydrogen-bond acceptors (Lipinski definition) is 9. The summed E-state index contributed by atoms with van der Waals surface area (Å²) in [6.45, 7) is 6.05. The van der Waals surface area contributed by atoms with Gasteiger partial charge < -0.3 is 23.9 Å². The van der Waals surface area contributed by atoms with Crippen LogP contribution >= 0.6 is 22.7 Å². The predicted molar refractivity (Wildman–Crippen MR) is 143 cm³/mol. The Morgan fingerprint density at radius 1 is 1.24 bits per heavy atom. The second kappa shape index (κ2) is 9.33. The number of imidazole rings is 1. The van der Waals surface area contributed by atoms with Crippen molar-refractivity contribution in [2.75, 3.05) is 19.7 Å². The van der Waals surface area contributed by atoms with Crippen LogP contribution < -0.4 is 9.47 Å². The fraction of sp³-hybridized carbons (Fsp3) is 0.444. The minimum absolute atomic E-state index is 0.169. The Bertz CT molecular complexity index is 1490. The SMILES string of the molecule is C[C@]1(c2cscn2)Oc2cccc(C3CCN(Cc4nc5sc(C(=O)O)cc5n4C[C@@H]4CCO4)CC3)c2O1. The summed E-state index contributed by atoms with van der Waals surface area (Å²) in [7, 11) is 0. The Labute approximate surface area is 227 Å². The quantitative estimate of drug-likeness (QED) is 0.340. The number of aromatic nitrogens is 3. The van der Waals surface area contributed by atoms with Gasteiger partial charge in [-0.1, -0.05) is 12.1 Å². The summed E-state index contributed by atoms with van der Waals surface area (Å²) in [6, 6.07) is 7.93. The van der Waals surface area contributed by atoms with Crippen molar-refractivity contribution in [3.05, 3.63) is 57.1 Å². The van der Waals surface area contributed by atoms with Gasteiger partial charge in [0.15, 0.2) is 11.5 Å². The second-order valence-electron chi connectivity index (χ2n) is 10.3. The molecule has 198 valence electrons. The molecule has 9 nitrogen and oxygen atoms in total. The summed E-state index contributed by atoms with van der Waals surface area (Å²) in [5.74, 6) is 1.18. The number of carbonyl (C=O) groups is 1. The molecule has 3 aliphatic heterocycles. The number of rotatable bonds is 7. The summed E-state index contributed by atoms with van der Waals surface area (Å²) in [5, 5.41) is 11.4. The van der Waals surface area contributed by atoms with Crippen molar-refractivity contribution < 1.29 is 24.1 Å². The van der Waals surface area contributed by atoms with E-state index in [9.17, 15) is 9.90 Å². The lowest BCUT2D eigenvalue weighted by molar-refractivity contribution is -0.0717. The standard InChI is InChI=1S/C27H28N4O5S2/c1-27(22-14-37-15-28-22)35-20-4-2-3-18(24(20)36-27)16-5-8-30(9-6-16)13-23-29-25-19(11-21(38-25)26(32)33)31(23)12-17-7-10-34-17/h2-4,11,14-17H,5-10,12-13H2,1H3,(H,32,33)/t17-,27-/m0/s1. The highest BCUT2D eigenvalue weighted by atomic mass is 32.1. The van der Waals surface area contributed by atoms with E-state index < -0.39 is 11.8 Å². The number of para-hydroxylation sites is 1. The van der Waals surface area contributed by atoms with Gasteiger partial charge in [-0.2, -0.15) is 0 Å². The first-order valence-corrected chi connectivity index (χ1v) is 14.7. The molecule has 11 heteroatoms. The van der Waals surface area contributed by atoms with E-state index in [0.717, 1.165) is 78.9 Å². The monoisotopic (exact) mass is 552 g/mol. The van der Waals surface area contributed by atoms with Crippen LogP contribution in [0.3, 0.4) is 0 Å². The van der Waals surface area contributed by atoms with Crippen LogP contribution in [0.15, 0.2) is 35.2 Å². The molecule has 6 heterocycles. The number of hydrogen-bond donors (Lipinski definition) is 1. The maximum Gasteiger partial charge on any atom is 0.346 e. The number of piperidine rings is 1. The number of carboxylic acid groups (broad SMARTS) is 1. The number of nitrogens with zero attached hydrogens (tertiary/aromatic N) is 4. The fourth-order valence-corrected chi connectivity index (χ4v) is 7.17. The Balaban J connectivity index is 1.07. The molecule has 0 radical (unpaired) electrons. The van der Waals surface area contributed by atoms with Crippen LogP contribution in [0.25, 0.3) is 10.3 Å². The highest BCUT2D eigenvalue weighted by molar-refractivity contribution is 7.20. The van der Waals surface area contributed by atoms with E-state index in [1.54, 1.807) is 11.6 Å². The van der Waals surface area contributed by atoms with Gasteiger partial charge in [-0.25, -0.2) is 14.8 Å². The van der Waals surface area contributed by atoms with Crippen LogP contribution in [0.5, 0.6) is 11.5 Å². The number of fused-ring (bicyclic) bond motifs is 2. The van der Waals surface area contributed by atoms with Crippen molar-refractivity contribution in [2.45, 2.75) is 57.1 Å². The molecule has 0 unspecified atom stereocenters. The van der Waals surface area contributed by atoms with Gasteiger partial charge >= 0.3 is 5.97 Å². The molecule has 0 aliphatic carbocycles. The summed E-state index contributed by atoms with van der Waals surface area (Å²) in [4.78, 5) is 24.3. The zero-order valence-electron chi connectivity index (χ0n) is 21.0. The van der Waals surface area contributed by atoms with Gasteiger partial charge in [-0.3, -0.25) is 4.90 Å². The molecule has 38 heavy (non-hydrogen) atoms. The topological polar surface area (TPSA) is 98.9 Å². The largest absolute Gasteiger partial charge is 0.477 e. The molecular formula is C27H28N4O5S2. The van der Waals surface area contributed by atoms with Crippen molar-refractivity contribution in [3.63, 3.8) is 0 Å². The molecule has 2 saturated heterocycles. The number of thiophene rings is 1. The number of thiazole rings is 1. The van der Waals surface area contributed by atoms with E-state index in [1.807, 2.05) is 24.4 Å². The van der Waals surface area contributed by atoms with Gasteiger partial charge in [0.2, 0.25) is 0 Å². The predicted octanol–water partition coefficient (Wildman–Crippen LogP) is 5.07. The molecular weight excluding hydrogens is 524 g/mol. The Morgan fingerprint density at radius 2 is 2.08 bits per heavy atom. The third-order valence-electron chi connectivity index (χ3n) is 7.82. The molecule has 3 aromatic heterocycles. The van der Waals surface area contributed by atoms with Gasteiger partial charge in [0.1, 0.15) is 21.2 Å². The maximum atomic E-state index is 11.5. The fourth-order valence-electron chi connectivity index (χ4n) is 5.64. The normalized spacial score (nSPS) is 23.7. The van der Waals surface area contributed by atoms with Crippen LogP contribution in [-0.2, 0) is 23.6 Å². The molecule has 2 atom stereocenters. The number of benzene rings is 1. The van der Waals surface area contributed by atoms with Crippen molar-refractivity contribution in [1.29, 1.82) is 0 Å². The minimum Gasteiger partial charge on any atom is -0.477 e. The van der Waals surface area contributed by atoms with Crippen LogP contribution in [-0.4, -0.2) is 56.3 Å². The van der Waals surface area contributed by atoms with Crippen LogP contribution in [0.4, 0.5) is 0 Å². The first kappa shape index (κ1) is 24.1. The lowest BCUT2D eigenvalue weighted by atomic mass is 9.88. The molecule has 0 bridgehead atoms. The molecule has 0 amide bonds. The highest BCUT2D eigenvalue weighted by Crippen LogP contribution is 2.49. The highest BCUT2D eigenvalue weighted by Gasteiger charge is 2.42. The average Bonchev–Trinajstić information content (AvgIpc) is 3.65. The number of carboxylic acids is 1. The number of aromatic carboxylic acids is 1. The minimum atomic E-state index is -0.906. The Hall–Kier alpha value is -2.99. The van der Waals surface area contributed by atoms with Gasteiger partial charge in [-0.15, -0.1) is 22.7 Å². The van der Waals surface area contributed by atoms with Crippen LogP contribution in [0.1, 0.15) is 58.9 Å². The van der Waals surface area contributed by atoms with Crippen LogP contribution in [0.2, 0.25) is 0 Å². The molecule has 3 aliphatic rings. The number of ether oxygens (including phenoxy) is 3. The average molecular weight is 553 g/mol. The van der Waals surface area contributed by atoms with Crippen molar-refractivity contribution in [1.82, 2.24) is 19.4 Å².